The van der Waals surface area contributed by atoms with Gasteiger partial charge < -0.3 is 20.1 Å². The van der Waals surface area contributed by atoms with Gasteiger partial charge in [-0.1, -0.05) is 18.2 Å². The summed E-state index contributed by atoms with van der Waals surface area (Å²) < 4.78 is 0. The number of amides is 2. The van der Waals surface area contributed by atoms with Gasteiger partial charge in [-0.2, -0.15) is 0 Å². The van der Waals surface area contributed by atoms with E-state index in [0.29, 0.717) is 19.6 Å². The van der Waals surface area contributed by atoms with Crippen LogP contribution in [0.5, 0.6) is 0 Å². The number of hydrogen-bond acceptors (Lipinski definition) is 4. The number of aromatic amines is 1. The van der Waals surface area contributed by atoms with Crippen molar-refractivity contribution in [3.05, 3.63) is 54.5 Å². The highest BCUT2D eigenvalue weighted by atomic mass is 16.2. The van der Waals surface area contributed by atoms with Crippen molar-refractivity contribution in [2.75, 3.05) is 31.1 Å². The number of anilines is 1. The molecule has 7 nitrogen and oxygen atoms in total. The predicted molar refractivity (Wildman–Crippen MR) is 96.4 cm³/mol. The Morgan fingerprint density at radius 3 is 2.60 bits per heavy atom. The van der Waals surface area contributed by atoms with Crippen LogP contribution in [0.15, 0.2) is 48.8 Å². The average molecular weight is 336 g/mol. The highest BCUT2D eigenvalue weighted by Gasteiger charge is 2.22. The maximum absolute atomic E-state index is 12.4. The van der Waals surface area contributed by atoms with E-state index in [0.717, 1.165) is 35.6 Å². The topological polar surface area (TPSA) is 77.2 Å². The Balaban J connectivity index is 1.30. The number of urea groups is 1. The van der Waals surface area contributed by atoms with Crippen molar-refractivity contribution in [2.24, 2.45) is 0 Å². The third-order valence-corrected chi connectivity index (χ3v) is 4.42. The van der Waals surface area contributed by atoms with Crippen LogP contribution in [0.3, 0.4) is 0 Å². The zero-order chi connectivity index (χ0) is 17.1. The molecule has 1 aliphatic heterocycles. The molecule has 1 aliphatic rings. The summed E-state index contributed by atoms with van der Waals surface area (Å²) in [6.45, 7) is 3.30. The van der Waals surface area contributed by atoms with Gasteiger partial charge in [-0.3, -0.25) is 0 Å². The monoisotopic (exact) mass is 336 g/mol. The molecule has 1 fully saturated rings. The van der Waals surface area contributed by atoms with E-state index in [1.807, 2.05) is 23.1 Å². The number of hydrogen-bond donors (Lipinski definition) is 2. The normalized spacial score (nSPS) is 14.7. The summed E-state index contributed by atoms with van der Waals surface area (Å²) in [5.74, 6) is 0.723. The molecule has 0 bridgehead atoms. The number of benzene rings is 1. The maximum Gasteiger partial charge on any atom is 0.317 e. The van der Waals surface area contributed by atoms with E-state index in [4.69, 9.17) is 0 Å². The smallest absolute Gasteiger partial charge is 0.317 e. The van der Waals surface area contributed by atoms with E-state index >= 15 is 0 Å². The van der Waals surface area contributed by atoms with Crippen LogP contribution in [0.2, 0.25) is 0 Å². The molecule has 3 aromatic rings. The molecule has 2 aromatic heterocycles. The van der Waals surface area contributed by atoms with Gasteiger partial charge in [0.15, 0.2) is 0 Å². The van der Waals surface area contributed by atoms with Crippen LogP contribution in [0, 0.1) is 0 Å². The number of nitrogens with one attached hydrogen (secondary N) is 2. The summed E-state index contributed by atoms with van der Waals surface area (Å²) in [5.41, 5.74) is 2.09. The first-order valence-corrected chi connectivity index (χ1v) is 8.41. The zero-order valence-electron chi connectivity index (χ0n) is 13.9. The van der Waals surface area contributed by atoms with Gasteiger partial charge in [0, 0.05) is 49.8 Å². The third-order valence-electron chi connectivity index (χ3n) is 4.42. The Morgan fingerprint density at radius 1 is 1.08 bits per heavy atom. The minimum atomic E-state index is -0.0349. The van der Waals surface area contributed by atoms with Gasteiger partial charge in [0.2, 0.25) is 5.95 Å². The Bertz CT molecular complexity index is 821. The fourth-order valence-electron chi connectivity index (χ4n) is 3.08. The van der Waals surface area contributed by atoms with E-state index in [9.17, 15) is 4.79 Å². The quantitative estimate of drug-likeness (QED) is 0.767. The maximum atomic E-state index is 12.4. The molecule has 0 unspecified atom stereocenters. The lowest BCUT2D eigenvalue weighted by atomic mass is 10.2. The molecule has 0 spiro atoms. The number of fused-ring (bicyclic) bond motifs is 1. The van der Waals surface area contributed by atoms with Crippen LogP contribution in [-0.2, 0) is 6.54 Å². The summed E-state index contributed by atoms with van der Waals surface area (Å²) in [7, 11) is 0. The molecule has 3 heterocycles. The predicted octanol–water partition coefficient (Wildman–Crippen LogP) is 1.99. The number of para-hydroxylation sites is 1. The molecule has 1 aromatic carbocycles. The van der Waals surface area contributed by atoms with E-state index < -0.39 is 0 Å². The van der Waals surface area contributed by atoms with E-state index in [1.54, 1.807) is 18.5 Å². The molecule has 4 rings (SSSR count). The summed E-state index contributed by atoms with van der Waals surface area (Å²) in [6, 6.07) is 11.9. The van der Waals surface area contributed by atoms with Crippen molar-refractivity contribution >= 4 is 22.9 Å². The molecule has 128 valence electrons. The third kappa shape index (κ3) is 3.40. The van der Waals surface area contributed by atoms with Gasteiger partial charge in [0.1, 0.15) is 0 Å². The molecule has 7 heteroatoms. The Hall–Kier alpha value is -3.09. The van der Waals surface area contributed by atoms with Gasteiger partial charge in [0.05, 0.1) is 6.54 Å². The number of carbonyl (C=O) groups is 1. The molecule has 2 amide bonds. The SMILES string of the molecule is O=C(NCc1cc2ccccc2[nH]1)N1CCN(c2ncccn2)CC1. The van der Waals surface area contributed by atoms with Crippen LogP contribution in [0.1, 0.15) is 5.69 Å². The first kappa shape index (κ1) is 15.4. The van der Waals surface area contributed by atoms with Gasteiger partial charge >= 0.3 is 6.03 Å². The second-order valence-corrected chi connectivity index (χ2v) is 6.06. The molecule has 1 saturated heterocycles. The molecule has 0 aliphatic carbocycles. The van der Waals surface area contributed by atoms with Crippen molar-refractivity contribution < 1.29 is 4.79 Å². The van der Waals surface area contributed by atoms with E-state index in [2.05, 4.69) is 37.3 Å². The fraction of sp³-hybridized carbons (Fsp3) is 0.278. The largest absolute Gasteiger partial charge is 0.357 e. The van der Waals surface area contributed by atoms with Crippen LogP contribution in [0.4, 0.5) is 10.7 Å². The molecule has 2 N–H and O–H groups in total. The Kier molecular flexibility index (Phi) is 4.20. The zero-order valence-corrected chi connectivity index (χ0v) is 13.9. The minimum Gasteiger partial charge on any atom is -0.357 e. The van der Waals surface area contributed by atoms with Crippen LogP contribution >= 0.6 is 0 Å². The van der Waals surface area contributed by atoms with Gasteiger partial charge in [-0.15, -0.1) is 0 Å². The number of piperazine rings is 1. The van der Waals surface area contributed by atoms with E-state index in [-0.39, 0.29) is 6.03 Å². The number of rotatable bonds is 3. The summed E-state index contributed by atoms with van der Waals surface area (Å²) in [5, 5.41) is 4.15. The summed E-state index contributed by atoms with van der Waals surface area (Å²) in [6.07, 6.45) is 3.48. The second kappa shape index (κ2) is 6.80. The first-order valence-electron chi connectivity index (χ1n) is 8.41. The van der Waals surface area contributed by atoms with Crippen molar-refractivity contribution in [2.45, 2.75) is 6.54 Å². The molecular formula is C18H20N6O. The number of aromatic nitrogens is 3. The number of carbonyl (C=O) groups excluding carboxylic acids is 1. The van der Waals surface area contributed by atoms with E-state index in [1.165, 1.54) is 0 Å². The Labute approximate surface area is 145 Å². The molecule has 0 saturated carbocycles. The van der Waals surface area contributed by atoms with Gasteiger partial charge in [0.25, 0.3) is 0 Å². The molecule has 0 atom stereocenters. The molecular weight excluding hydrogens is 316 g/mol. The molecule has 0 radical (unpaired) electrons. The van der Waals surface area contributed by atoms with Crippen LogP contribution < -0.4 is 10.2 Å². The fourth-order valence-corrected chi connectivity index (χ4v) is 3.08. The summed E-state index contributed by atoms with van der Waals surface area (Å²) >= 11 is 0. The van der Waals surface area contributed by atoms with Crippen molar-refractivity contribution in [1.29, 1.82) is 0 Å². The van der Waals surface area contributed by atoms with Crippen LogP contribution in [0.25, 0.3) is 10.9 Å². The second-order valence-electron chi connectivity index (χ2n) is 6.06. The van der Waals surface area contributed by atoms with Crippen molar-refractivity contribution in [3.63, 3.8) is 0 Å². The van der Waals surface area contributed by atoms with Crippen molar-refractivity contribution in [1.82, 2.24) is 25.2 Å². The minimum absolute atomic E-state index is 0.0349. The van der Waals surface area contributed by atoms with Gasteiger partial charge in [-0.25, -0.2) is 14.8 Å². The lowest BCUT2D eigenvalue weighted by Crippen LogP contribution is -2.52. The van der Waals surface area contributed by atoms with Gasteiger partial charge in [-0.05, 0) is 23.6 Å². The highest BCUT2D eigenvalue weighted by Crippen LogP contribution is 2.14. The Morgan fingerprint density at radius 2 is 1.84 bits per heavy atom. The van der Waals surface area contributed by atoms with Crippen LogP contribution in [-0.4, -0.2) is 52.1 Å². The average Bonchev–Trinajstić information content (AvgIpc) is 3.10. The number of nitrogens with zero attached hydrogens (tertiary/aromatic N) is 4. The standard InChI is InChI=1S/C18H20N6O/c25-18(21-13-15-12-14-4-1-2-5-16(14)22-15)24-10-8-23(9-11-24)17-19-6-3-7-20-17/h1-7,12,22H,8-11,13H2,(H,21,25). The lowest BCUT2D eigenvalue weighted by Gasteiger charge is -2.34. The first-order chi connectivity index (χ1) is 12.3. The molecule has 25 heavy (non-hydrogen) atoms. The highest BCUT2D eigenvalue weighted by molar-refractivity contribution is 5.80. The number of H-pyrrole nitrogens is 1. The van der Waals surface area contributed by atoms with Crippen molar-refractivity contribution in [3.8, 4) is 0 Å². The summed E-state index contributed by atoms with van der Waals surface area (Å²) in [4.78, 5) is 28.2. The lowest BCUT2D eigenvalue weighted by molar-refractivity contribution is 0.193.